The highest BCUT2D eigenvalue weighted by atomic mass is 32.2. The highest BCUT2D eigenvalue weighted by Gasteiger charge is 2.28. The van der Waals surface area contributed by atoms with E-state index in [0.29, 0.717) is 101 Å². The summed E-state index contributed by atoms with van der Waals surface area (Å²) in [6.45, 7) is 17.5. The fourth-order valence-electron chi connectivity index (χ4n) is 15.9. The van der Waals surface area contributed by atoms with Gasteiger partial charge in [0.2, 0.25) is 35.4 Å². The number of amides is 6. The van der Waals surface area contributed by atoms with Crippen molar-refractivity contribution in [2.75, 3.05) is 118 Å². The summed E-state index contributed by atoms with van der Waals surface area (Å²) in [5.41, 5.74) is 19.7. The smallest absolute Gasteiger partial charge is 0.277 e. The van der Waals surface area contributed by atoms with Gasteiger partial charge in [-0.2, -0.15) is 39.4 Å². The number of carbonyl (C=O) groups excluding carboxylic acids is 6. The van der Waals surface area contributed by atoms with E-state index in [1.807, 2.05) is 171 Å². The Kier molecular flexibility index (Phi) is 35.5. The number of carbonyl (C=O) groups is 6. The number of nitrogens with zero attached hydrogens (tertiary/aromatic N) is 18. The summed E-state index contributed by atoms with van der Waals surface area (Å²) in [5, 5.41) is 36.6. The van der Waals surface area contributed by atoms with Crippen molar-refractivity contribution in [3.05, 3.63) is 287 Å². The standard InChI is InChI=1S/C20H22FN5OS.C20H23N5OS.C16H11N5O2S2.C16H14N2O2S.C15H13N3O2.C14H18N4OS/c1-14-11-25(12-15-5-2-3-6-16(15)21)9-10-26(14)13-19(27)22-17-7-4-8-18-20(17)24-28-23-18;1-15-7-8-17-20(23-27-22-17)19(15)21-18(26)14-25-11-9-24(10-12-25)13-16-5-3-2-4-6-16;22-13(17-11-7-4-8-12-14(11)21-25-20-12)9-24-16-19-18-15(23-16)10-5-2-1-3-6-10;1-20-14-6-4-12(5-7-14)16(19)17-9-11-2-3-13-10-21-18-15(13)8-11;19-14(10-9-11-5-2-1-3-6-11)16-12-7-4-8-13-15(12)18-20-17-13;1-10-5-6-11-14(17-20-16-11)13(10)15-12(19)9-18-7-3-2-4-8-18/h2-8,14H,9-13H2,1H3,(H,22,27);2-8H,9-14H2,1H3,(H,21,26);1-8H,9H2,(H,17,22);2-8,10H,9H2,1H3,(H,17,19);1-8H,9-10H2,(H,16,19);5-6H,2-4,7-9H2,1H3,(H,15,19)/t14-;;;;;/m1...../s1. The Morgan fingerprint density at radius 1 is 0.454 bits per heavy atom. The number of rotatable bonds is 26. The molecule has 1 atom stereocenters. The van der Waals surface area contributed by atoms with Gasteiger partial charge in [-0.25, -0.2) is 9.02 Å². The number of halogens is 1. The fraction of sp³-hybridized carbons (Fsp3) is 0.257. The highest BCUT2D eigenvalue weighted by Crippen LogP contribution is 2.32. The van der Waals surface area contributed by atoms with Crippen molar-refractivity contribution in [1.82, 2.24) is 89.7 Å². The maximum absolute atomic E-state index is 13.9. The van der Waals surface area contributed by atoms with E-state index in [-0.39, 0.29) is 53.1 Å². The summed E-state index contributed by atoms with van der Waals surface area (Å²) in [5.74, 6) is 0.820. The Morgan fingerprint density at radius 3 is 1.61 bits per heavy atom. The summed E-state index contributed by atoms with van der Waals surface area (Å²) in [7, 11) is 1.60. The number of methoxy groups -OCH3 is 1. The monoisotopic (exact) mass is 2000 g/mol. The number of fused-ring (bicyclic) bond motifs is 6. The zero-order chi connectivity index (χ0) is 97.6. The van der Waals surface area contributed by atoms with Crippen LogP contribution >= 0.6 is 70.2 Å². The largest absolute Gasteiger partial charge is 0.497 e. The van der Waals surface area contributed by atoms with Gasteiger partial charge in [0, 0.05) is 105 Å². The Morgan fingerprint density at radius 2 is 0.993 bits per heavy atom. The van der Waals surface area contributed by atoms with E-state index in [1.54, 1.807) is 61.7 Å². The van der Waals surface area contributed by atoms with Crippen molar-refractivity contribution in [3.63, 3.8) is 0 Å². The molecule has 11 aromatic carbocycles. The molecule has 7 aromatic heterocycles. The summed E-state index contributed by atoms with van der Waals surface area (Å²) in [6, 6.07) is 74.4. The van der Waals surface area contributed by atoms with E-state index in [2.05, 4.69) is 152 Å². The molecule has 722 valence electrons. The van der Waals surface area contributed by atoms with E-state index in [0.717, 1.165) is 183 Å². The lowest BCUT2D eigenvalue weighted by Gasteiger charge is -2.39. The molecule has 6 amide bonds. The first-order valence-electron chi connectivity index (χ1n) is 45.7. The van der Waals surface area contributed by atoms with Gasteiger partial charge in [0.25, 0.3) is 11.1 Å². The molecule has 21 rings (SSSR count). The van der Waals surface area contributed by atoms with Gasteiger partial charge in [0.1, 0.15) is 61.2 Å². The molecule has 0 saturated carbocycles. The van der Waals surface area contributed by atoms with Crippen LogP contribution in [-0.2, 0) is 50.0 Å². The Hall–Kier alpha value is -14.2. The molecule has 0 unspecified atom stereocenters. The van der Waals surface area contributed by atoms with Crippen LogP contribution in [0.5, 0.6) is 5.75 Å². The number of anilines is 5. The van der Waals surface area contributed by atoms with Crippen LogP contribution in [0.1, 0.15) is 76.3 Å². The molecule has 0 aliphatic carbocycles. The first kappa shape index (κ1) is 99.8. The van der Waals surface area contributed by atoms with E-state index >= 15 is 0 Å². The lowest BCUT2D eigenvalue weighted by Crippen LogP contribution is -2.53. The maximum Gasteiger partial charge on any atom is 0.277 e. The van der Waals surface area contributed by atoms with Crippen molar-refractivity contribution < 1.29 is 46.9 Å². The lowest BCUT2D eigenvalue weighted by molar-refractivity contribution is -0.119. The van der Waals surface area contributed by atoms with Crippen molar-refractivity contribution in [1.29, 1.82) is 0 Å². The van der Waals surface area contributed by atoms with Crippen LogP contribution in [0.15, 0.2) is 256 Å². The van der Waals surface area contributed by atoms with E-state index in [9.17, 15) is 33.2 Å². The van der Waals surface area contributed by atoms with E-state index in [4.69, 9.17) is 9.15 Å². The van der Waals surface area contributed by atoms with Gasteiger partial charge in [-0.15, -0.1) is 10.2 Å². The third-order valence-corrected chi connectivity index (χ3v) is 27.0. The van der Waals surface area contributed by atoms with Crippen molar-refractivity contribution >= 4 is 200 Å². The van der Waals surface area contributed by atoms with Crippen molar-refractivity contribution in [2.24, 2.45) is 0 Å². The fourth-order valence-corrected chi connectivity index (χ4v) is 19.3. The number of hydrogen-bond donors (Lipinski definition) is 6. The third-order valence-electron chi connectivity index (χ3n) is 23.4. The zero-order valence-electron chi connectivity index (χ0n) is 77.6. The highest BCUT2D eigenvalue weighted by molar-refractivity contribution is 7.99. The van der Waals surface area contributed by atoms with Crippen LogP contribution in [0.2, 0.25) is 0 Å². The lowest BCUT2D eigenvalue weighted by atomic mass is 10.1. The molecule has 3 saturated heterocycles. The number of hydrogen-bond acceptors (Lipinski definition) is 33. The molecule has 10 heterocycles. The molecule has 141 heavy (non-hydrogen) atoms. The van der Waals surface area contributed by atoms with Crippen LogP contribution in [0.4, 0.5) is 32.8 Å². The molecule has 3 fully saturated rings. The Balaban J connectivity index is 0.000000122. The van der Waals surface area contributed by atoms with Gasteiger partial charge in [-0.3, -0.25) is 53.3 Å². The summed E-state index contributed by atoms with van der Waals surface area (Å²) < 4.78 is 67.4. The molecule has 40 heteroatoms. The number of aryl methyl sites for hydroxylation is 3. The van der Waals surface area contributed by atoms with E-state index in [1.165, 1.54) is 77.6 Å². The number of piperazine rings is 2. The Labute approximate surface area is 836 Å². The number of piperidine rings is 1. The summed E-state index contributed by atoms with van der Waals surface area (Å²) >= 11 is 7.22. The molecule has 18 aromatic rings. The van der Waals surface area contributed by atoms with Gasteiger partial charge < -0.3 is 41.1 Å². The molecule has 0 bridgehead atoms. The minimum Gasteiger partial charge on any atom is -0.497 e. The second-order valence-corrected chi connectivity index (χ2v) is 37.2. The van der Waals surface area contributed by atoms with E-state index < -0.39 is 0 Å². The summed E-state index contributed by atoms with van der Waals surface area (Å²) in [4.78, 5) is 84.8. The Bertz CT molecular complexity index is 7200. The first-order chi connectivity index (χ1) is 68.9. The molecule has 3 aliphatic heterocycles. The minimum atomic E-state index is -0.176. The molecular formula is C101H101FN24O9S6. The number of aromatic nitrogens is 13. The van der Waals surface area contributed by atoms with Gasteiger partial charge in [0.05, 0.1) is 113 Å². The van der Waals surface area contributed by atoms with Crippen molar-refractivity contribution in [3.8, 4) is 17.2 Å². The van der Waals surface area contributed by atoms with Crippen LogP contribution in [0, 0.1) is 19.7 Å². The molecule has 0 spiro atoms. The maximum atomic E-state index is 13.9. The topological polar surface area (TPSA) is 394 Å². The number of benzene rings is 11. The second-order valence-electron chi connectivity index (χ2n) is 33.5. The van der Waals surface area contributed by atoms with Gasteiger partial charge in [-0.1, -0.05) is 158 Å². The first-order valence-corrected chi connectivity index (χ1v) is 50.4. The van der Waals surface area contributed by atoms with Gasteiger partial charge in [-0.05, 0) is 200 Å². The van der Waals surface area contributed by atoms with Crippen LogP contribution in [0.3, 0.4) is 0 Å². The van der Waals surface area contributed by atoms with Crippen molar-refractivity contribution in [2.45, 2.75) is 83.8 Å². The number of nitrogens with one attached hydrogen (secondary N) is 6. The normalized spacial score (nSPS) is 14.0. The van der Waals surface area contributed by atoms with Gasteiger partial charge >= 0.3 is 0 Å². The SMILES string of the molecule is COc1ccc(C(=O)NCc2ccc3csnc3c2)cc1.C[C@@H]1CN(Cc2ccccc2F)CCN1CC(=O)Nc1cccc2nsnc12.Cc1ccc2nsnc2c1NC(=O)CN1CCCCC1.Cc1ccc2nsnc2c1NC(=O)CN1CCN(Cc2ccccc2)CC1.O=C(CCc1ccccc1)Nc1cccc2nonc12.O=C(CSc1nnc(-c2ccccc2)o1)Nc1cccc2nsnc12. The van der Waals surface area contributed by atoms with Crippen LogP contribution < -0.4 is 36.6 Å². The average molecular weight is 2010 g/mol. The van der Waals surface area contributed by atoms with Crippen LogP contribution in [-0.4, -0.2) is 217 Å². The summed E-state index contributed by atoms with van der Waals surface area (Å²) in [6.07, 6.45) is 4.79. The third kappa shape index (κ3) is 28.4. The molecule has 3 aliphatic rings. The quantitative estimate of drug-likeness (QED) is 0.0274. The number of likely N-dealkylation sites (tertiary alicyclic amines) is 1. The number of thioether (sulfide) groups is 1. The molecule has 0 radical (unpaired) electrons. The molecule has 33 nitrogen and oxygen atoms in total. The predicted molar refractivity (Wildman–Crippen MR) is 554 cm³/mol. The average Bonchev–Trinajstić information content (AvgIpc) is 1.71. The van der Waals surface area contributed by atoms with Crippen LogP contribution in [0.25, 0.3) is 77.5 Å². The zero-order valence-corrected chi connectivity index (χ0v) is 82.5. The molecular weight excluding hydrogens is 1900 g/mol. The number of ether oxygens (including phenoxy) is 1. The second kappa shape index (κ2) is 50.1. The van der Waals surface area contributed by atoms with Gasteiger partial charge in [0.15, 0.2) is 5.52 Å². The predicted octanol–water partition coefficient (Wildman–Crippen LogP) is 17.7. The minimum absolute atomic E-state index is 0.00936. The molecule has 6 N–H and O–H groups in total.